The second-order valence-electron chi connectivity index (χ2n) is 17.7. The molecule has 0 aromatic heterocycles. The lowest BCUT2D eigenvalue weighted by Gasteiger charge is -2.19. The van der Waals surface area contributed by atoms with E-state index in [1.54, 1.807) is 0 Å². The summed E-state index contributed by atoms with van der Waals surface area (Å²) in [5.41, 5.74) is 13.8. The molecule has 0 radical (unpaired) electrons. The number of hydrogen-bond donors (Lipinski definition) is 0. The van der Waals surface area contributed by atoms with Gasteiger partial charge in [-0.3, -0.25) is 0 Å². The van der Waals surface area contributed by atoms with Gasteiger partial charge in [0.1, 0.15) is 0 Å². The summed E-state index contributed by atoms with van der Waals surface area (Å²) >= 11 is 0. The van der Waals surface area contributed by atoms with Crippen LogP contribution in [0.2, 0.25) is 0 Å². The molecule has 13 aromatic rings. The van der Waals surface area contributed by atoms with Crippen LogP contribution < -0.4 is 0 Å². The van der Waals surface area contributed by atoms with Crippen LogP contribution in [0.1, 0.15) is 5.56 Å². The maximum atomic E-state index is 2.40. The van der Waals surface area contributed by atoms with Gasteiger partial charge < -0.3 is 0 Å². The minimum absolute atomic E-state index is 1.22. The van der Waals surface area contributed by atoms with Crippen LogP contribution in [0.25, 0.3) is 131 Å². The molecule has 0 saturated heterocycles. The Morgan fingerprint density at radius 1 is 0.185 bits per heavy atom. The van der Waals surface area contributed by atoms with Gasteiger partial charge in [0.2, 0.25) is 0 Å². The molecule has 0 aliphatic carbocycles. The number of fused-ring (bicyclic) bond motifs is 7. The average molecular weight is 823 g/mol. The molecule has 13 rings (SSSR count). The Labute approximate surface area is 378 Å². The molecule has 0 saturated carbocycles. The van der Waals surface area contributed by atoms with E-state index in [1.165, 1.54) is 137 Å². The summed E-state index contributed by atoms with van der Waals surface area (Å²) in [6, 6.07) is 88.1. The highest BCUT2D eigenvalue weighted by molar-refractivity contribution is 6.23. The molecule has 302 valence electrons. The summed E-state index contributed by atoms with van der Waals surface area (Å²) in [5.74, 6) is 0. The summed E-state index contributed by atoms with van der Waals surface area (Å²) in [6.45, 7) is 2.16. The SMILES string of the molecule is Cc1ccc2cc(-c3c4ccccc4c(-c4ccc5cc(-c6c7ccccc7c(-c7ccc(-c8ccc9ccccc9c8)cc7)c7ccccc67)ccc5c4)c4ccccc34)ccc2c1. The Balaban J connectivity index is 0.931. The number of rotatable bonds is 5. The molecular formula is C65H42. The van der Waals surface area contributed by atoms with Crippen LogP contribution in [0.3, 0.4) is 0 Å². The summed E-state index contributed by atoms with van der Waals surface area (Å²) in [6.07, 6.45) is 0. The fourth-order valence-electron chi connectivity index (χ4n) is 10.8. The monoisotopic (exact) mass is 822 g/mol. The lowest BCUT2D eigenvalue weighted by atomic mass is 9.84. The minimum atomic E-state index is 1.22. The van der Waals surface area contributed by atoms with E-state index in [1.807, 2.05) is 0 Å². The van der Waals surface area contributed by atoms with Crippen LogP contribution in [-0.2, 0) is 0 Å². The van der Waals surface area contributed by atoms with Crippen molar-refractivity contribution in [3.63, 3.8) is 0 Å². The van der Waals surface area contributed by atoms with Crippen molar-refractivity contribution in [1.29, 1.82) is 0 Å². The van der Waals surface area contributed by atoms with Crippen LogP contribution in [0.4, 0.5) is 0 Å². The zero-order chi connectivity index (χ0) is 43.0. The lowest BCUT2D eigenvalue weighted by molar-refractivity contribution is 1.51. The highest BCUT2D eigenvalue weighted by Gasteiger charge is 2.19. The van der Waals surface area contributed by atoms with Crippen LogP contribution in [0, 0.1) is 6.92 Å². The fourth-order valence-corrected chi connectivity index (χ4v) is 10.8. The largest absolute Gasteiger partial charge is 0.0616 e. The molecule has 0 N–H and O–H groups in total. The van der Waals surface area contributed by atoms with Crippen LogP contribution in [-0.4, -0.2) is 0 Å². The lowest BCUT2D eigenvalue weighted by Crippen LogP contribution is -1.92. The maximum absolute atomic E-state index is 2.40. The minimum Gasteiger partial charge on any atom is -0.0616 e. The first-order valence-corrected chi connectivity index (χ1v) is 22.6. The summed E-state index contributed by atoms with van der Waals surface area (Å²) in [5, 5.41) is 17.6. The van der Waals surface area contributed by atoms with Crippen molar-refractivity contribution in [1.82, 2.24) is 0 Å². The second kappa shape index (κ2) is 14.9. The molecule has 65 heavy (non-hydrogen) atoms. The Bertz CT molecular complexity index is 3940. The summed E-state index contributed by atoms with van der Waals surface area (Å²) in [7, 11) is 0. The Morgan fingerprint density at radius 2 is 0.446 bits per heavy atom. The first-order chi connectivity index (χ1) is 32.1. The van der Waals surface area contributed by atoms with Gasteiger partial charge in [0, 0.05) is 0 Å². The highest BCUT2D eigenvalue weighted by atomic mass is 14.2. The zero-order valence-corrected chi connectivity index (χ0v) is 36.0. The van der Waals surface area contributed by atoms with Crippen LogP contribution >= 0.6 is 0 Å². The number of benzene rings is 13. The van der Waals surface area contributed by atoms with E-state index in [4.69, 9.17) is 0 Å². The van der Waals surface area contributed by atoms with Gasteiger partial charge in [-0.25, -0.2) is 0 Å². The Kier molecular flexibility index (Phi) is 8.54. The molecule has 0 spiro atoms. The molecule has 0 unspecified atom stereocenters. The predicted molar refractivity (Wildman–Crippen MR) is 281 cm³/mol. The molecular weight excluding hydrogens is 781 g/mol. The van der Waals surface area contributed by atoms with Crippen LogP contribution in [0.5, 0.6) is 0 Å². The Hall–Kier alpha value is -8.32. The van der Waals surface area contributed by atoms with E-state index in [9.17, 15) is 0 Å². The average Bonchev–Trinajstić information content (AvgIpc) is 3.36. The molecule has 0 bridgehead atoms. The van der Waals surface area contributed by atoms with Crippen molar-refractivity contribution in [3.05, 3.63) is 242 Å². The topological polar surface area (TPSA) is 0 Å². The molecule has 0 heteroatoms. The molecule has 0 nitrogen and oxygen atoms in total. The third-order valence-electron chi connectivity index (χ3n) is 13.8. The highest BCUT2D eigenvalue weighted by Crippen LogP contribution is 2.47. The van der Waals surface area contributed by atoms with Crippen LogP contribution in [0.15, 0.2) is 237 Å². The summed E-state index contributed by atoms with van der Waals surface area (Å²) in [4.78, 5) is 0. The van der Waals surface area contributed by atoms with E-state index >= 15 is 0 Å². The first-order valence-electron chi connectivity index (χ1n) is 22.6. The smallest absolute Gasteiger partial charge is 0.00262 e. The van der Waals surface area contributed by atoms with Crippen molar-refractivity contribution in [3.8, 4) is 55.6 Å². The molecule has 0 amide bonds. The van der Waals surface area contributed by atoms with Gasteiger partial charge in [-0.05, 0) is 162 Å². The van der Waals surface area contributed by atoms with Crippen molar-refractivity contribution < 1.29 is 0 Å². The van der Waals surface area contributed by atoms with Gasteiger partial charge in [-0.1, -0.05) is 218 Å². The normalized spacial score (nSPS) is 11.8. The zero-order valence-electron chi connectivity index (χ0n) is 36.0. The van der Waals surface area contributed by atoms with Crippen molar-refractivity contribution in [2.24, 2.45) is 0 Å². The second-order valence-corrected chi connectivity index (χ2v) is 17.7. The molecule has 0 aliphatic heterocycles. The third kappa shape index (κ3) is 6.14. The van der Waals surface area contributed by atoms with Gasteiger partial charge in [0.25, 0.3) is 0 Å². The molecule has 13 aromatic carbocycles. The van der Waals surface area contributed by atoms with Gasteiger partial charge in [-0.2, -0.15) is 0 Å². The van der Waals surface area contributed by atoms with Gasteiger partial charge >= 0.3 is 0 Å². The number of hydrogen-bond acceptors (Lipinski definition) is 0. The van der Waals surface area contributed by atoms with Gasteiger partial charge in [0.15, 0.2) is 0 Å². The summed E-state index contributed by atoms with van der Waals surface area (Å²) < 4.78 is 0. The standard InChI is InChI=1S/C65H42/c1-41-22-23-48-38-51(33-30-46(48)36-41)64-58-18-8-10-20-60(58)65(61-21-11-9-19-59(61)64)53-35-32-49-39-52(34-31-50(49)40-53)63-56-16-6-4-14-54(56)62(55-15-5-7-17-57(55)63)44-27-24-43(25-28-44)47-29-26-42-12-2-3-13-45(42)37-47/h2-40H,1H3. The molecule has 0 fully saturated rings. The first kappa shape index (κ1) is 37.3. The molecule has 0 aliphatic rings. The Morgan fingerprint density at radius 3 is 0.877 bits per heavy atom. The maximum Gasteiger partial charge on any atom is -0.00262 e. The van der Waals surface area contributed by atoms with E-state index in [0.29, 0.717) is 0 Å². The van der Waals surface area contributed by atoms with Gasteiger partial charge in [0.05, 0.1) is 0 Å². The van der Waals surface area contributed by atoms with E-state index in [0.717, 1.165) is 0 Å². The van der Waals surface area contributed by atoms with Crippen molar-refractivity contribution in [2.75, 3.05) is 0 Å². The van der Waals surface area contributed by atoms with E-state index in [-0.39, 0.29) is 0 Å². The van der Waals surface area contributed by atoms with Crippen molar-refractivity contribution in [2.45, 2.75) is 6.92 Å². The number of aryl methyl sites for hydroxylation is 1. The van der Waals surface area contributed by atoms with Crippen molar-refractivity contribution >= 4 is 75.4 Å². The fraction of sp³-hybridized carbons (Fsp3) is 0.0154. The quantitative estimate of drug-likeness (QED) is 0.152. The molecule has 0 heterocycles. The predicted octanol–water partition coefficient (Wildman–Crippen LogP) is 18.4. The van der Waals surface area contributed by atoms with E-state index < -0.39 is 0 Å². The van der Waals surface area contributed by atoms with Gasteiger partial charge in [-0.15, -0.1) is 0 Å². The molecule has 0 atom stereocenters. The third-order valence-corrected chi connectivity index (χ3v) is 13.8. The van der Waals surface area contributed by atoms with E-state index in [2.05, 4.69) is 244 Å².